The van der Waals surface area contributed by atoms with Gasteiger partial charge in [0.2, 0.25) is 0 Å². The number of nitrogens with two attached hydrogens (primary N) is 1. The number of hydrogen-bond acceptors (Lipinski definition) is 14. The van der Waals surface area contributed by atoms with E-state index in [2.05, 4.69) is 20.3 Å². The molecular weight excluding hydrogens is 694 g/mol. The standard InChI is InChI=1S/C26H21F3N6O9S3/c1-2-43-23(41)12-4-6-45-20(12)34-5-3-10(18(34)37)7-11-8-46-21-15(19(38)35(21)16(11)22(39)40)32-17(36)14(13-9-47-25(30)31-13)33-44-24(42)26(27,28)29/h4,6-7,9,15,21H,2-3,5,8H2,1H3,(H2,30,31)(H,32,36)(H,39,40)/b10-7+,33-14-/t15-,21-/m1/s1. The van der Waals surface area contributed by atoms with Crippen molar-refractivity contribution in [1.82, 2.24) is 15.2 Å². The fourth-order valence-corrected chi connectivity index (χ4v) is 7.50. The summed E-state index contributed by atoms with van der Waals surface area (Å²) in [6, 6.07) is 0.191. The number of nitrogens with one attached hydrogen (secondary N) is 1. The number of nitrogen functional groups attached to an aromatic ring is 1. The van der Waals surface area contributed by atoms with E-state index in [1.807, 2.05) is 0 Å². The van der Waals surface area contributed by atoms with Gasteiger partial charge in [0.1, 0.15) is 27.8 Å². The van der Waals surface area contributed by atoms with Gasteiger partial charge in [0.25, 0.3) is 17.7 Å². The van der Waals surface area contributed by atoms with Gasteiger partial charge >= 0.3 is 24.1 Å². The lowest BCUT2D eigenvalue weighted by Crippen LogP contribution is -2.71. The number of fused-ring (bicyclic) bond motifs is 1. The van der Waals surface area contributed by atoms with Gasteiger partial charge < -0.3 is 25.7 Å². The van der Waals surface area contributed by atoms with Crippen LogP contribution >= 0.6 is 34.4 Å². The second-order valence-electron chi connectivity index (χ2n) is 9.66. The Morgan fingerprint density at radius 1 is 1.26 bits per heavy atom. The molecule has 3 aliphatic heterocycles. The number of β-lactam (4-membered cyclic amide) rings is 1. The number of thioether (sulfide) groups is 1. The molecule has 0 saturated carbocycles. The molecule has 0 radical (unpaired) electrons. The first-order valence-corrected chi connectivity index (χ1v) is 16.1. The molecule has 3 aliphatic rings. The summed E-state index contributed by atoms with van der Waals surface area (Å²) in [5, 5.41) is 17.5. The molecule has 2 aromatic heterocycles. The van der Waals surface area contributed by atoms with E-state index in [9.17, 15) is 47.0 Å². The quantitative estimate of drug-likeness (QED) is 0.0849. The highest BCUT2D eigenvalue weighted by molar-refractivity contribution is 8.00. The zero-order chi connectivity index (χ0) is 34.2. The van der Waals surface area contributed by atoms with Gasteiger partial charge in [-0.15, -0.1) is 34.4 Å². The minimum Gasteiger partial charge on any atom is -0.477 e. The molecule has 2 fully saturated rings. The number of thiophene rings is 1. The SMILES string of the molecule is CCOC(=O)c1ccsc1N1CC/C(=C\C2=C(C(=O)O)N3C(=O)[C@@H](NC(=O)/C(=N\OC(=O)C(F)(F)F)c4csc(N)n4)[C@H]3SC2)C1=O. The van der Waals surface area contributed by atoms with Gasteiger partial charge in [0.05, 0.1) is 12.2 Å². The summed E-state index contributed by atoms with van der Waals surface area (Å²) in [6.45, 7) is 2.01. The van der Waals surface area contributed by atoms with Crippen LogP contribution in [0.4, 0.5) is 23.3 Å². The molecule has 4 N–H and O–H groups in total. The molecule has 0 spiro atoms. The van der Waals surface area contributed by atoms with Crippen molar-refractivity contribution in [1.29, 1.82) is 0 Å². The number of alkyl halides is 3. The number of hydrogen-bond donors (Lipinski definition) is 3. The number of carbonyl (C=O) groups is 6. The van der Waals surface area contributed by atoms with Crippen molar-refractivity contribution in [2.24, 2.45) is 5.16 Å². The maximum Gasteiger partial charge on any atom is 0.493 e. The van der Waals surface area contributed by atoms with Crippen LogP contribution in [0, 0.1) is 0 Å². The summed E-state index contributed by atoms with van der Waals surface area (Å²) in [5.41, 5.74) is 4.50. The molecule has 2 atom stereocenters. The van der Waals surface area contributed by atoms with Gasteiger partial charge in [-0.2, -0.15) is 13.2 Å². The zero-order valence-corrected chi connectivity index (χ0v) is 26.2. The maximum absolute atomic E-state index is 13.3. The number of aliphatic carboxylic acids is 1. The van der Waals surface area contributed by atoms with Gasteiger partial charge in [-0.3, -0.25) is 24.2 Å². The number of nitrogens with zero attached hydrogens (tertiary/aromatic N) is 4. The van der Waals surface area contributed by atoms with E-state index in [0.717, 1.165) is 33.4 Å². The predicted molar refractivity (Wildman–Crippen MR) is 160 cm³/mol. The average Bonchev–Trinajstić information content (AvgIpc) is 3.75. The Kier molecular flexibility index (Phi) is 9.41. The Morgan fingerprint density at radius 2 is 2.00 bits per heavy atom. The molecule has 3 amide bonds. The largest absolute Gasteiger partial charge is 0.493 e. The first kappa shape index (κ1) is 33.6. The summed E-state index contributed by atoms with van der Waals surface area (Å²) in [7, 11) is 0. The third-order valence-electron chi connectivity index (χ3n) is 6.78. The van der Waals surface area contributed by atoms with Gasteiger partial charge in [-0.25, -0.2) is 19.4 Å². The van der Waals surface area contributed by atoms with Crippen molar-refractivity contribution in [2.75, 3.05) is 29.5 Å². The van der Waals surface area contributed by atoms with E-state index >= 15 is 0 Å². The minimum atomic E-state index is -5.42. The Hall–Kier alpha value is -4.76. The van der Waals surface area contributed by atoms with Crippen LogP contribution in [-0.4, -0.2) is 92.8 Å². The Balaban J connectivity index is 1.35. The van der Waals surface area contributed by atoms with E-state index in [4.69, 9.17) is 10.5 Å². The molecule has 0 aliphatic carbocycles. The van der Waals surface area contributed by atoms with E-state index in [0.29, 0.717) is 5.00 Å². The number of esters is 1. The second kappa shape index (κ2) is 13.2. The van der Waals surface area contributed by atoms with Crippen LogP contribution in [0.15, 0.2) is 44.9 Å². The summed E-state index contributed by atoms with van der Waals surface area (Å²) in [6.07, 6.45) is -3.81. The topological polar surface area (TPSA) is 211 Å². The van der Waals surface area contributed by atoms with Crippen molar-refractivity contribution in [3.8, 4) is 0 Å². The molecular formula is C26H21F3N6O9S3. The van der Waals surface area contributed by atoms with Crippen molar-refractivity contribution in [2.45, 2.75) is 30.9 Å². The molecule has 248 valence electrons. The number of carbonyl (C=O) groups excluding carboxylic acids is 5. The summed E-state index contributed by atoms with van der Waals surface area (Å²) in [5.74, 6) is -7.35. The van der Waals surface area contributed by atoms with E-state index in [1.165, 1.54) is 28.4 Å². The predicted octanol–water partition coefficient (Wildman–Crippen LogP) is 1.87. The number of carboxylic acids is 1. The van der Waals surface area contributed by atoms with Crippen LogP contribution in [0.3, 0.4) is 0 Å². The van der Waals surface area contributed by atoms with Crippen LogP contribution in [-0.2, 0) is 33.5 Å². The fraction of sp³-hybridized carbons (Fsp3) is 0.308. The Morgan fingerprint density at radius 3 is 2.64 bits per heavy atom. The summed E-state index contributed by atoms with van der Waals surface area (Å²) < 4.78 is 42.9. The number of anilines is 2. The van der Waals surface area contributed by atoms with Crippen LogP contribution in [0.2, 0.25) is 0 Å². The molecule has 0 unspecified atom stereocenters. The first-order valence-electron chi connectivity index (χ1n) is 13.3. The van der Waals surface area contributed by atoms with E-state index in [-0.39, 0.29) is 52.9 Å². The number of ether oxygens (including phenoxy) is 1. The van der Waals surface area contributed by atoms with Gasteiger partial charge in [0.15, 0.2) is 10.8 Å². The van der Waals surface area contributed by atoms with Crippen LogP contribution in [0.5, 0.6) is 0 Å². The fourth-order valence-electron chi connectivity index (χ4n) is 4.73. The number of amides is 3. The number of allylic oxidation sites excluding steroid dienone is 1. The summed E-state index contributed by atoms with van der Waals surface area (Å²) >= 11 is 3.03. The highest BCUT2D eigenvalue weighted by Gasteiger charge is 2.54. The normalized spacial score (nSPS) is 20.7. The molecule has 5 rings (SSSR count). The van der Waals surface area contributed by atoms with Crippen LogP contribution in [0.25, 0.3) is 0 Å². The second-order valence-corrected chi connectivity index (χ2v) is 12.6. The lowest BCUT2D eigenvalue weighted by molar-refractivity contribution is -0.199. The minimum absolute atomic E-state index is 0.000923. The zero-order valence-electron chi connectivity index (χ0n) is 23.7. The number of carboxylic acid groups (broad SMARTS) is 1. The lowest BCUT2D eigenvalue weighted by Gasteiger charge is -2.49. The smallest absolute Gasteiger partial charge is 0.477 e. The molecule has 0 aromatic carbocycles. The van der Waals surface area contributed by atoms with Crippen LogP contribution < -0.4 is 16.0 Å². The number of aromatic nitrogens is 1. The van der Waals surface area contributed by atoms with Gasteiger partial charge in [-0.1, -0.05) is 5.16 Å². The molecule has 5 heterocycles. The first-order chi connectivity index (χ1) is 22.2. The number of oxime groups is 1. The lowest BCUT2D eigenvalue weighted by atomic mass is 10.0. The molecule has 47 heavy (non-hydrogen) atoms. The molecule has 0 bridgehead atoms. The third kappa shape index (κ3) is 6.58. The van der Waals surface area contributed by atoms with Crippen LogP contribution in [0.1, 0.15) is 29.4 Å². The molecule has 2 saturated heterocycles. The number of halogens is 3. The van der Waals surface area contributed by atoms with Gasteiger partial charge in [-0.05, 0) is 36.4 Å². The van der Waals surface area contributed by atoms with Crippen molar-refractivity contribution in [3.63, 3.8) is 0 Å². The maximum atomic E-state index is 13.3. The Bertz CT molecular complexity index is 1780. The number of thiazole rings is 1. The van der Waals surface area contributed by atoms with E-state index in [1.54, 1.807) is 12.3 Å². The number of rotatable bonds is 9. The molecule has 21 heteroatoms. The molecule has 15 nitrogen and oxygen atoms in total. The highest BCUT2D eigenvalue weighted by atomic mass is 32.2. The van der Waals surface area contributed by atoms with Crippen molar-refractivity contribution in [3.05, 3.63) is 51.0 Å². The molecule has 2 aromatic rings. The van der Waals surface area contributed by atoms with Crippen molar-refractivity contribution < 1.29 is 56.6 Å². The highest BCUT2D eigenvalue weighted by Crippen LogP contribution is 2.42. The van der Waals surface area contributed by atoms with Crippen molar-refractivity contribution >= 4 is 85.9 Å². The average molecular weight is 715 g/mol. The van der Waals surface area contributed by atoms with Gasteiger partial charge in [0, 0.05) is 23.3 Å². The third-order valence-corrected chi connectivity index (χ3v) is 9.69. The summed E-state index contributed by atoms with van der Waals surface area (Å²) in [4.78, 5) is 85.3. The van der Waals surface area contributed by atoms with E-state index < -0.39 is 64.6 Å². The Labute approximate surface area is 273 Å². The monoisotopic (exact) mass is 714 g/mol.